The molecule has 0 saturated carbocycles. The molecule has 0 spiro atoms. The zero-order chi connectivity index (χ0) is 28.6. The molecule has 0 bridgehead atoms. The van der Waals surface area contributed by atoms with Crippen molar-refractivity contribution >= 4 is 38.3 Å². The Kier molecular flexibility index (Phi) is 8.15. The zero-order valence-electron chi connectivity index (χ0n) is 24.2. The van der Waals surface area contributed by atoms with Crippen LogP contribution in [-0.4, -0.2) is 43.6 Å². The van der Waals surface area contributed by atoms with Crippen LogP contribution in [0.5, 0.6) is 0 Å². The maximum atomic E-state index is 13.7. The van der Waals surface area contributed by atoms with Crippen molar-refractivity contribution < 1.29 is 17.9 Å². The van der Waals surface area contributed by atoms with Gasteiger partial charge in [-0.15, -0.1) is 0 Å². The summed E-state index contributed by atoms with van der Waals surface area (Å²) in [6.07, 6.45) is 2.06. The fraction of sp³-hybridized carbons (Fsp3) is 0.533. The van der Waals surface area contributed by atoms with E-state index in [0.29, 0.717) is 17.3 Å². The number of nitrogens with one attached hydrogen (secondary N) is 1. The van der Waals surface area contributed by atoms with Gasteiger partial charge in [0.15, 0.2) is 0 Å². The van der Waals surface area contributed by atoms with Crippen LogP contribution in [0.1, 0.15) is 67.1 Å². The van der Waals surface area contributed by atoms with E-state index in [2.05, 4.69) is 30.7 Å². The molecule has 1 aliphatic rings. The Hall–Kier alpha value is -2.91. The van der Waals surface area contributed by atoms with Crippen LogP contribution in [0, 0.1) is 11.3 Å². The van der Waals surface area contributed by atoms with Gasteiger partial charge in [-0.2, -0.15) is 0 Å². The van der Waals surface area contributed by atoms with Crippen LogP contribution in [0.15, 0.2) is 47.4 Å². The molecule has 9 heteroatoms. The van der Waals surface area contributed by atoms with Crippen LogP contribution in [-0.2, 0) is 31.5 Å². The van der Waals surface area contributed by atoms with Crippen LogP contribution >= 0.6 is 0 Å². The Morgan fingerprint density at radius 2 is 1.69 bits per heavy atom. The van der Waals surface area contributed by atoms with Crippen molar-refractivity contribution in [2.24, 2.45) is 11.3 Å². The van der Waals surface area contributed by atoms with Crippen molar-refractivity contribution in [1.29, 1.82) is 0 Å². The van der Waals surface area contributed by atoms with Crippen molar-refractivity contribution in [3.8, 4) is 0 Å². The molecule has 8 nitrogen and oxygen atoms in total. The van der Waals surface area contributed by atoms with E-state index < -0.39 is 15.4 Å². The third-order valence-corrected chi connectivity index (χ3v) is 9.06. The van der Waals surface area contributed by atoms with E-state index >= 15 is 0 Å². The molecule has 4 rings (SSSR count). The number of nitrogens with zero attached hydrogens (tertiary/aromatic N) is 3. The van der Waals surface area contributed by atoms with Gasteiger partial charge >= 0.3 is 0 Å². The number of carbonyl (C=O) groups is 1. The normalized spacial score (nSPS) is 15.5. The second-order valence-corrected chi connectivity index (χ2v) is 14.3. The molecular weight excluding hydrogens is 512 g/mol. The molecule has 1 aromatic heterocycles. The third-order valence-electron chi connectivity index (χ3n) is 7.14. The van der Waals surface area contributed by atoms with Gasteiger partial charge in [0, 0.05) is 42.8 Å². The Morgan fingerprint density at radius 3 is 2.26 bits per heavy atom. The molecule has 1 fully saturated rings. The minimum atomic E-state index is -3.83. The van der Waals surface area contributed by atoms with Crippen molar-refractivity contribution in [1.82, 2.24) is 9.55 Å². The standard InChI is InChI=1S/C30H42N4O4S/c1-8-34(39(36,37)24-12-9-22(10-13-24)31-28(35)30(5,6)7)23-11-14-26-25(19-23)32-27(29(2,3)4)33(26)20-21-15-17-38-18-16-21/h9-14,19,21H,8,15-18,20H2,1-7H3,(H,31,35). The highest BCUT2D eigenvalue weighted by atomic mass is 32.2. The van der Waals surface area contributed by atoms with Crippen molar-refractivity contribution in [3.05, 3.63) is 48.3 Å². The van der Waals surface area contributed by atoms with Crippen molar-refractivity contribution in [3.63, 3.8) is 0 Å². The van der Waals surface area contributed by atoms with E-state index in [-0.39, 0.29) is 22.8 Å². The average Bonchev–Trinajstić information content (AvgIpc) is 3.23. The summed E-state index contributed by atoms with van der Waals surface area (Å²) in [6.45, 7) is 16.5. The zero-order valence-corrected chi connectivity index (χ0v) is 25.1. The molecule has 0 radical (unpaired) electrons. The number of rotatable bonds is 7. The van der Waals surface area contributed by atoms with E-state index in [1.54, 1.807) is 12.1 Å². The molecule has 2 aromatic carbocycles. The van der Waals surface area contributed by atoms with Gasteiger partial charge in [0.25, 0.3) is 10.0 Å². The van der Waals surface area contributed by atoms with E-state index in [4.69, 9.17) is 9.72 Å². The Morgan fingerprint density at radius 1 is 1.05 bits per heavy atom. The van der Waals surface area contributed by atoms with Crippen LogP contribution in [0.2, 0.25) is 0 Å². The van der Waals surface area contributed by atoms with Gasteiger partial charge in [0.1, 0.15) is 5.82 Å². The molecule has 1 saturated heterocycles. The number of benzene rings is 2. The molecular formula is C30H42N4O4S. The first kappa shape index (κ1) is 29.1. The van der Waals surface area contributed by atoms with Crippen LogP contribution < -0.4 is 9.62 Å². The van der Waals surface area contributed by atoms with Crippen LogP contribution in [0.4, 0.5) is 11.4 Å². The summed E-state index contributed by atoms with van der Waals surface area (Å²) < 4.78 is 36.6. The SMILES string of the molecule is CCN(c1ccc2c(c1)nc(C(C)(C)C)n2CC1CCOCC1)S(=O)(=O)c1ccc(NC(=O)C(C)(C)C)cc1. The number of hydrogen-bond donors (Lipinski definition) is 1. The first-order valence-corrected chi connectivity index (χ1v) is 15.2. The van der Waals surface area contributed by atoms with E-state index in [9.17, 15) is 13.2 Å². The summed E-state index contributed by atoms with van der Waals surface area (Å²) in [5.74, 6) is 1.40. The lowest BCUT2D eigenvalue weighted by molar-refractivity contribution is -0.123. The first-order chi connectivity index (χ1) is 18.2. The molecule has 0 unspecified atom stereocenters. The summed E-state index contributed by atoms with van der Waals surface area (Å²) in [6, 6.07) is 12.1. The molecule has 2 heterocycles. The molecule has 3 aromatic rings. The molecule has 1 amide bonds. The van der Waals surface area contributed by atoms with Crippen LogP contribution in [0.3, 0.4) is 0 Å². The van der Waals surface area contributed by atoms with Gasteiger partial charge in [-0.25, -0.2) is 13.4 Å². The van der Waals surface area contributed by atoms with Gasteiger partial charge in [-0.3, -0.25) is 9.10 Å². The first-order valence-electron chi connectivity index (χ1n) is 13.7. The lowest BCUT2D eigenvalue weighted by Crippen LogP contribution is -2.31. The summed E-state index contributed by atoms with van der Waals surface area (Å²) in [5, 5.41) is 2.84. The third kappa shape index (κ3) is 6.30. The number of fused-ring (bicyclic) bond motifs is 1. The highest BCUT2D eigenvalue weighted by Gasteiger charge is 2.28. The topological polar surface area (TPSA) is 93.5 Å². The van der Waals surface area contributed by atoms with Gasteiger partial charge < -0.3 is 14.6 Å². The molecule has 212 valence electrons. The number of amides is 1. The smallest absolute Gasteiger partial charge is 0.264 e. The molecule has 1 aliphatic heterocycles. The van der Waals surface area contributed by atoms with E-state index in [0.717, 1.165) is 49.5 Å². The summed E-state index contributed by atoms with van der Waals surface area (Å²) in [4.78, 5) is 17.5. The van der Waals surface area contributed by atoms with E-state index in [1.807, 2.05) is 45.9 Å². The second-order valence-electron chi connectivity index (χ2n) is 12.4. The maximum absolute atomic E-state index is 13.7. The van der Waals surface area contributed by atoms with Gasteiger partial charge in [-0.1, -0.05) is 41.5 Å². The maximum Gasteiger partial charge on any atom is 0.264 e. The summed E-state index contributed by atoms with van der Waals surface area (Å²) in [7, 11) is -3.83. The highest BCUT2D eigenvalue weighted by Crippen LogP contribution is 2.33. The fourth-order valence-corrected chi connectivity index (χ4v) is 6.33. The highest BCUT2D eigenvalue weighted by molar-refractivity contribution is 7.92. The number of aromatic nitrogens is 2. The van der Waals surface area contributed by atoms with Gasteiger partial charge in [0.2, 0.25) is 5.91 Å². The van der Waals surface area contributed by atoms with Crippen molar-refractivity contribution in [2.45, 2.75) is 78.2 Å². The van der Waals surface area contributed by atoms with Gasteiger partial charge in [-0.05, 0) is 68.1 Å². The number of ether oxygens (including phenoxy) is 1. The Balaban J connectivity index is 1.66. The molecule has 1 N–H and O–H groups in total. The number of imidazole rings is 1. The quantitative estimate of drug-likeness (QED) is 0.389. The van der Waals surface area contributed by atoms with Crippen molar-refractivity contribution in [2.75, 3.05) is 29.4 Å². The number of carbonyl (C=O) groups excluding carboxylic acids is 1. The lowest BCUT2D eigenvalue weighted by atomic mass is 9.94. The lowest BCUT2D eigenvalue weighted by Gasteiger charge is -2.26. The molecule has 0 atom stereocenters. The molecule has 39 heavy (non-hydrogen) atoms. The fourth-order valence-electron chi connectivity index (χ4n) is 4.87. The Bertz CT molecular complexity index is 1420. The monoisotopic (exact) mass is 554 g/mol. The minimum Gasteiger partial charge on any atom is -0.381 e. The van der Waals surface area contributed by atoms with Gasteiger partial charge in [0.05, 0.1) is 21.6 Å². The van der Waals surface area contributed by atoms with Crippen LogP contribution in [0.25, 0.3) is 11.0 Å². The summed E-state index contributed by atoms with van der Waals surface area (Å²) >= 11 is 0. The number of anilines is 2. The predicted octanol–water partition coefficient (Wildman–Crippen LogP) is 5.96. The average molecular weight is 555 g/mol. The minimum absolute atomic E-state index is 0.132. The predicted molar refractivity (Wildman–Crippen MR) is 157 cm³/mol. The molecule has 0 aliphatic carbocycles. The summed E-state index contributed by atoms with van der Waals surface area (Å²) in [5.41, 5.74) is 2.23. The Labute approximate surface area is 232 Å². The largest absolute Gasteiger partial charge is 0.381 e. The second kappa shape index (κ2) is 10.9. The number of hydrogen-bond acceptors (Lipinski definition) is 5. The van der Waals surface area contributed by atoms with E-state index in [1.165, 1.54) is 16.4 Å². The number of sulfonamides is 1.